The first kappa shape index (κ1) is 18.6. The summed E-state index contributed by atoms with van der Waals surface area (Å²) in [6.07, 6.45) is 10.4. The summed E-state index contributed by atoms with van der Waals surface area (Å²) in [5.41, 5.74) is 3.14. The number of hydrogen-bond acceptors (Lipinski definition) is 6. The summed E-state index contributed by atoms with van der Waals surface area (Å²) in [5.74, 6) is 2.44. The molecule has 7 nitrogen and oxygen atoms in total. The van der Waals surface area contributed by atoms with E-state index in [0.717, 1.165) is 37.3 Å². The van der Waals surface area contributed by atoms with Gasteiger partial charge in [0.2, 0.25) is 5.95 Å². The fourth-order valence-corrected chi connectivity index (χ4v) is 4.28. The van der Waals surface area contributed by atoms with Crippen molar-refractivity contribution in [1.29, 1.82) is 0 Å². The lowest BCUT2D eigenvalue weighted by Crippen LogP contribution is -2.43. The average molecular weight is 412 g/mol. The third-order valence-corrected chi connectivity index (χ3v) is 6.27. The van der Waals surface area contributed by atoms with Gasteiger partial charge in [-0.15, -0.1) is 0 Å². The Bertz CT molecular complexity index is 1010. The van der Waals surface area contributed by atoms with Crippen molar-refractivity contribution in [2.75, 3.05) is 23.7 Å². The molecule has 4 heterocycles. The number of pyridine rings is 1. The van der Waals surface area contributed by atoms with Crippen molar-refractivity contribution in [1.82, 2.24) is 24.7 Å². The van der Waals surface area contributed by atoms with Crippen molar-refractivity contribution in [2.24, 2.45) is 5.92 Å². The van der Waals surface area contributed by atoms with Crippen LogP contribution in [0.4, 0.5) is 17.5 Å². The van der Waals surface area contributed by atoms with Crippen LogP contribution in [-0.4, -0.2) is 38.5 Å². The molecule has 152 valence electrons. The van der Waals surface area contributed by atoms with Crippen molar-refractivity contribution < 1.29 is 0 Å². The SMILES string of the molecule is CCC1CNCCC1Nc1nc(Nc2ccn3c(C4CC4)cnc3c2)ncc1Cl. The molecule has 8 heteroatoms. The molecule has 1 aliphatic carbocycles. The van der Waals surface area contributed by atoms with Gasteiger partial charge in [0.1, 0.15) is 10.7 Å². The van der Waals surface area contributed by atoms with Gasteiger partial charge < -0.3 is 20.4 Å². The van der Waals surface area contributed by atoms with E-state index >= 15 is 0 Å². The summed E-state index contributed by atoms with van der Waals surface area (Å²) in [6.45, 7) is 4.26. The number of hydrogen-bond donors (Lipinski definition) is 3. The van der Waals surface area contributed by atoms with Crippen LogP contribution in [-0.2, 0) is 0 Å². The van der Waals surface area contributed by atoms with E-state index in [1.165, 1.54) is 18.5 Å². The Morgan fingerprint density at radius 3 is 2.97 bits per heavy atom. The van der Waals surface area contributed by atoms with Gasteiger partial charge in [-0.1, -0.05) is 24.9 Å². The first-order chi connectivity index (χ1) is 14.2. The highest BCUT2D eigenvalue weighted by atomic mass is 35.5. The zero-order chi connectivity index (χ0) is 19.8. The van der Waals surface area contributed by atoms with E-state index in [1.807, 2.05) is 18.3 Å². The van der Waals surface area contributed by atoms with E-state index < -0.39 is 0 Å². The molecule has 5 rings (SSSR count). The minimum atomic E-state index is 0.364. The topological polar surface area (TPSA) is 79.2 Å². The first-order valence-electron chi connectivity index (χ1n) is 10.4. The standard InChI is InChI=1S/C21H26ClN7/c1-2-13-10-23-7-5-17(13)27-20-16(22)11-25-21(28-20)26-15-6-8-29-18(14-3-4-14)12-24-19(29)9-15/h6,8-9,11-14,17,23H,2-5,7,10H2,1H3,(H2,25,26,27,28). The second-order valence-corrected chi connectivity index (χ2v) is 8.44. The van der Waals surface area contributed by atoms with Crippen LogP contribution in [0.2, 0.25) is 5.02 Å². The Hall–Kier alpha value is -2.38. The van der Waals surface area contributed by atoms with Crippen molar-refractivity contribution in [3.63, 3.8) is 0 Å². The van der Waals surface area contributed by atoms with Crippen LogP contribution in [0.5, 0.6) is 0 Å². The maximum atomic E-state index is 6.38. The average Bonchev–Trinajstić information content (AvgIpc) is 3.50. The quantitative estimate of drug-likeness (QED) is 0.564. The molecular weight excluding hydrogens is 386 g/mol. The summed E-state index contributed by atoms with van der Waals surface area (Å²) in [5, 5.41) is 10.8. The van der Waals surface area contributed by atoms with Crippen LogP contribution < -0.4 is 16.0 Å². The Morgan fingerprint density at radius 1 is 1.24 bits per heavy atom. The smallest absolute Gasteiger partial charge is 0.229 e. The van der Waals surface area contributed by atoms with Gasteiger partial charge in [0, 0.05) is 41.8 Å². The Balaban J connectivity index is 1.35. The van der Waals surface area contributed by atoms with E-state index in [1.54, 1.807) is 6.20 Å². The third-order valence-electron chi connectivity index (χ3n) is 5.99. The van der Waals surface area contributed by atoms with Gasteiger partial charge in [-0.25, -0.2) is 9.97 Å². The van der Waals surface area contributed by atoms with Gasteiger partial charge >= 0.3 is 0 Å². The molecule has 2 atom stereocenters. The number of nitrogens with one attached hydrogen (secondary N) is 3. The molecule has 0 aromatic carbocycles. The normalized spacial score (nSPS) is 22.0. The molecular formula is C21H26ClN7. The number of fused-ring (bicyclic) bond motifs is 1. The van der Waals surface area contributed by atoms with E-state index in [4.69, 9.17) is 11.6 Å². The summed E-state index contributed by atoms with van der Waals surface area (Å²) >= 11 is 6.38. The maximum Gasteiger partial charge on any atom is 0.229 e. The number of nitrogens with zero attached hydrogens (tertiary/aromatic N) is 4. The Morgan fingerprint density at radius 2 is 2.14 bits per heavy atom. The molecule has 0 bridgehead atoms. The van der Waals surface area contributed by atoms with E-state index in [9.17, 15) is 0 Å². The number of imidazole rings is 1. The van der Waals surface area contributed by atoms with Crippen LogP contribution in [0.25, 0.3) is 5.65 Å². The van der Waals surface area contributed by atoms with Crippen LogP contribution in [0.15, 0.2) is 30.7 Å². The lowest BCUT2D eigenvalue weighted by atomic mass is 9.91. The van der Waals surface area contributed by atoms with Crippen molar-refractivity contribution >= 4 is 34.7 Å². The number of anilines is 3. The second-order valence-electron chi connectivity index (χ2n) is 8.03. The number of halogens is 1. The molecule has 2 unspecified atom stereocenters. The maximum absolute atomic E-state index is 6.38. The van der Waals surface area contributed by atoms with Gasteiger partial charge in [-0.05, 0) is 44.3 Å². The van der Waals surface area contributed by atoms with Gasteiger partial charge in [0.05, 0.1) is 6.20 Å². The number of rotatable bonds is 6. The molecule has 3 aromatic heterocycles. The molecule has 0 spiro atoms. The molecule has 1 aliphatic heterocycles. The second kappa shape index (κ2) is 7.80. The molecule has 29 heavy (non-hydrogen) atoms. The van der Waals surface area contributed by atoms with E-state index in [0.29, 0.717) is 34.7 Å². The highest BCUT2D eigenvalue weighted by molar-refractivity contribution is 6.32. The predicted octanol–water partition coefficient (Wildman–Crippen LogP) is 4.20. The molecule has 2 fully saturated rings. The molecule has 1 saturated heterocycles. The largest absolute Gasteiger partial charge is 0.366 e. The first-order valence-corrected chi connectivity index (χ1v) is 10.8. The van der Waals surface area contributed by atoms with E-state index in [-0.39, 0.29) is 0 Å². The van der Waals surface area contributed by atoms with Crippen molar-refractivity contribution in [2.45, 2.75) is 44.6 Å². The summed E-state index contributed by atoms with van der Waals surface area (Å²) in [4.78, 5) is 13.5. The molecule has 0 radical (unpaired) electrons. The third kappa shape index (κ3) is 3.89. The van der Waals surface area contributed by atoms with Gasteiger partial charge in [0.25, 0.3) is 0 Å². The summed E-state index contributed by atoms with van der Waals surface area (Å²) in [7, 11) is 0. The van der Waals surface area contributed by atoms with E-state index in [2.05, 4.69) is 48.4 Å². The minimum absolute atomic E-state index is 0.364. The zero-order valence-electron chi connectivity index (χ0n) is 16.5. The van der Waals surface area contributed by atoms with Crippen LogP contribution in [0.1, 0.15) is 44.2 Å². The summed E-state index contributed by atoms with van der Waals surface area (Å²) < 4.78 is 2.17. The fraction of sp³-hybridized carbons (Fsp3) is 0.476. The minimum Gasteiger partial charge on any atom is -0.366 e. The lowest BCUT2D eigenvalue weighted by molar-refractivity contribution is 0.335. The highest BCUT2D eigenvalue weighted by Crippen LogP contribution is 2.40. The molecule has 3 aromatic rings. The van der Waals surface area contributed by atoms with Crippen molar-refractivity contribution in [3.05, 3.63) is 41.4 Å². The molecule has 1 saturated carbocycles. The molecule has 2 aliphatic rings. The fourth-order valence-electron chi connectivity index (χ4n) is 4.13. The zero-order valence-corrected chi connectivity index (χ0v) is 17.3. The van der Waals surface area contributed by atoms with Crippen molar-refractivity contribution in [3.8, 4) is 0 Å². The van der Waals surface area contributed by atoms with Crippen LogP contribution in [0.3, 0.4) is 0 Å². The summed E-state index contributed by atoms with van der Waals surface area (Å²) in [6, 6.07) is 4.42. The van der Waals surface area contributed by atoms with Gasteiger partial charge in [-0.3, -0.25) is 0 Å². The van der Waals surface area contributed by atoms with Crippen LogP contribution >= 0.6 is 11.6 Å². The van der Waals surface area contributed by atoms with Gasteiger partial charge in [0.15, 0.2) is 5.82 Å². The number of piperidine rings is 1. The molecule has 3 N–H and O–H groups in total. The predicted molar refractivity (Wildman–Crippen MR) is 116 cm³/mol. The highest BCUT2D eigenvalue weighted by Gasteiger charge is 2.27. The Kier molecular flexibility index (Phi) is 5.01. The van der Waals surface area contributed by atoms with Gasteiger partial charge in [-0.2, -0.15) is 4.98 Å². The number of aromatic nitrogens is 4. The Labute approximate surface area is 175 Å². The lowest BCUT2D eigenvalue weighted by Gasteiger charge is -2.32. The molecule has 0 amide bonds. The monoisotopic (exact) mass is 411 g/mol. The van der Waals surface area contributed by atoms with Crippen LogP contribution in [0, 0.1) is 5.92 Å².